The number of rotatable bonds is 3. The van der Waals surface area contributed by atoms with Crippen molar-refractivity contribution in [2.75, 3.05) is 13.2 Å². The Morgan fingerprint density at radius 1 is 1.44 bits per heavy atom. The lowest BCUT2D eigenvalue weighted by Gasteiger charge is -2.16. The van der Waals surface area contributed by atoms with Crippen molar-refractivity contribution in [3.8, 4) is 5.75 Å². The Labute approximate surface area is 93.6 Å². The minimum Gasteiger partial charge on any atom is -0.508 e. The minimum absolute atomic E-state index is 0.208. The average Bonchev–Trinajstić information content (AvgIpc) is 2.81. The summed E-state index contributed by atoms with van der Waals surface area (Å²) in [6, 6.07) is 6.54. The summed E-state index contributed by atoms with van der Waals surface area (Å²) in [6.45, 7) is 1.34. The molecular weight excluding hydrogens is 206 g/mol. The lowest BCUT2D eigenvalue weighted by Crippen LogP contribution is -2.10. The van der Waals surface area contributed by atoms with Crippen LogP contribution in [0.15, 0.2) is 29.3 Å². The van der Waals surface area contributed by atoms with Gasteiger partial charge < -0.3 is 9.84 Å². The molecule has 1 fully saturated rings. The molecule has 16 heavy (non-hydrogen) atoms. The molecule has 0 saturated carbocycles. The van der Waals surface area contributed by atoms with E-state index in [0.29, 0.717) is 13.2 Å². The maximum atomic E-state index is 10.4. The van der Waals surface area contributed by atoms with Gasteiger partial charge in [0.05, 0.1) is 12.6 Å². The maximum absolute atomic E-state index is 10.4. The first kappa shape index (κ1) is 10.9. The van der Waals surface area contributed by atoms with Gasteiger partial charge in [-0.05, 0) is 24.1 Å². The zero-order chi connectivity index (χ0) is 11.4. The van der Waals surface area contributed by atoms with Gasteiger partial charge in [0.15, 0.2) is 0 Å². The van der Waals surface area contributed by atoms with Crippen molar-refractivity contribution < 1.29 is 14.6 Å². The van der Waals surface area contributed by atoms with Crippen LogP contribution < -0.4 is 0 Å². The number of hydrogen-bond acceptors (Lipinski definition) is 4. The molecule has 1 heterocycles. The Morgan fingerprint density at radius 2 is 2.19 bits per heavy atom. The molecule has 0 amide bonds. The Kier molecular flexibility index (Phi) is 3.34. The molecule has 1 aliphatic rings. The van der Waals surface area contributed by atoms with Crippen molar-refractivity contribution in [1.29, 1.82) is 0 Å². The number of benzene rings is 1. The van der Waals surface area contributed by atoms with Gasteiger partial charge in [0.1, 0.15) is 5.75 Å². The molecule has 2 rings (SSSR count). The third-order valence-corrected chi connectivity index (χ3v) is 2.84. The highest BCUT2D eigenvalue weighted by Crippen LogP contribution is 2.32. The molecule has 0 bridgehead atoms. The zero-order valence-electron chi connectivity index (χ0n) is 8.80. The standard InChI is InChI=1S/C12H13NO3/c14-8-13-12(10-5-6-16-7-10)9-1-3-11(15)4-2-9/h1-4,10,12,15H,5-7H2. The fourth-order valence-corrected chi connectivity index (χ4v) is 1.98. The van der Waals surface area contributed by atoms with Crippen molar-refractivity contribution in [1.82, 2.24) is 0 Å². The van der Waals surface area contributed by atoms with Gasteiger partial charge in [0.25, 0.3) is 0 Å². The second-order valence-electron chi connectivity index (χ2n) is 3.88. The number of aliphatic imine (C=N–C) groups is 1. The third-order valence-electron chi connectivity index (χ3n) is 2.84. The largest absolute Gasteiger partial charge is 0.508 e. The van der Waals surface area contributed by atoms with Crippen LogP contribution in [0.25, 0.3) is 0 Å². The predicted octanol–water partition coefficient (Wildman–Crippen LogP) is 1.81. The first-order valence-electron chi connectivity index (χ1n) is 5.25. The average molecular weight is 219 g/mol. The van der Waals surface area contributed by atoms with Gasteiger partial charge in [-0.15, -0.1) is 0 Å². The highest BCUT2D eigenvalue weighted by Gasteiger charge is 2.26. The number of phenols is 1. The molecule has 0 spiro atoms. The van der Waals surface area contributed by atoms with E-state index in [0.717, 1.165) is 12.0 Å². The van der Waals surface area contributed by atoms with Crippen LogP contribution in [0.2, 0.25) is 0 Å². The van der Waals surface area contributed by atoms with Crippen LogP contribution in [0.4, 0.5) is 0 Å². The van der Waals surface area contributed by atoms with Gasteiger partial charge >= 0.3 is 0 Å². The summed E-state index contributed by atoms with van der Waals surface area (Å²) >= 11 is 0. The molecule has 0 aliphatic carbocycles. The number of isocyanates is 1. The molecule has 0 radical (unpaired) electrons. The first-order valence-corrected chi connectivity index (χ1v) is 5.25. The van der Waals surface area contributed by atoms with Crippen LogP contribution >= 0.6 is 0 Å². The van der Waals surface area contributed by atoms with Crippen molar-refractivity contribution in [3.63, 3.8) is 0 Å². The molecule has 2 unspecified atom stereocenters. The number of nitrogens with zero attached hydrogens (tertiary/aromatic N) is 1. The van der Waals surface area contributed by atoms with Crippen LogP contribution in [0.3, 0.4) is 0 Å². The summed E-state index contributed by atoms with van der Waals surface area (Å²) in [5.41, 5.74) is 0.914. The summed E-state index contributed by atoms with van der Waals surface area (Å²) in [6.07, 6.45) is 2.51. The molecule has 1 aliphatic heterocycles. The lowest BCUT2D eigenvalue weighted by molar-refractivity contribution is 0.181. The Hall–Kier alpha value is -1.64. The fourth-order valence-electron chi connectivity index (χ4n) is 1.98. The first-order chi connectivity index (χ1) is 7.81. The van der Waals surface area contributed by atoms with Crippen molar-refractivity contribution in [3.05, 3.63) is 29.8 Å². The quantitative estimate of drug-likeness (QED) is 0.623. The van der Waals surface area contributed by atoms with Gasteiger partial charge in [-0.1, -0.05) is 12.1 Å². The van der Waals surface area contributed by atoms with Gasteiger partial charge in [0, 0.05) is 12.5 Å². The molecule has 2 atom stereocenters. The molecular formula is C12H13NO3. The number of hydrogen-bond donors (Lipinski definition) is 1. The van der Waals surface area contributed by atoms with Crippen LogP contribution in [0.1, 0.15) is 18.0 Å². The topological polar surface area (TPSA) is 58.9 Å². The van der Waals surface area contributed by atoms with Gasteiger partial charge in [-0.25, -0.2) is 4.79 Å². The van der Waals surface area contributed by atoms with E-state index in [1.165, 1.54) is 0 Å². The SMILES string of the molecule is O=C=NC(c1ccc(O)cc1)C1CCOC1. The van der Waals surface area contributed by atoms with Crippen LogP contribution in [-0.2, 0) is 9.53 Å². The Bertz CT molecular complexity index is 389. The summed E-state index contributed by atoms with van der Waals surface area (Å²) < 4.78 is 5.29. The highest BCUT2D eigenvalue weighted by atomic mass is 16.5. The van der Waals surface area contributed by atoms with E-state index in [1.54, 1.807) is 30.3 Å². The molecule has 1 N–H and O–H groups in total. The molecule has 0 aromatic heterocycles. The molecule has 1 aromatic rings. The van der Waals surface area contributed by atoms with Crippen LogP contribution in [0, 0.1) is 5.92 Å². The fraction of sp³-hybridized carbons (Fsp3) is 0.417. The Balaban J connectivity index is 2.24. The van der Waals surface area contributed by atoms with E-state index >= 15 is 0 Å². The number of phenolic OH excluding ortho intramolecular Hbond substituents is 1. The molecule has 84 valence electrons. The highest BCUT2D eigenvalue weighted by molar-refractivity contribution is 5.37. The number of aromatic hydroxyl groups is 1. The normalized spacial score (nSPS) is 21.4. The smallest absolute Gasteiger partial charge is 0.235 e. The van der Waals surface area contributed by atoms with Crippen LogP contribution in [-0.4, -0.2) is 24.4 Å². The zero-order valence-corrected chi connectivity index (χ0v) is 8.80. The number of carbonyl (C=O) groups excluding carboxylic acids is 1. The predicted molar refractivity (Wildman–Crippen MR) is 57.9 cm³/mol. The van der Waals surface area contributed by atoms with Gasteiger partial charge in [-0.2, -0.15) is 4.99 Å². The van der Waals surface area contributed by atoms with E-state index in [2.05, 4.69) is 4.99 Å². The summed E-state index contributed by atoms with van der Waals surface area (Å²) in [7, 11) is 0. The summed E-state index contributed by atoms with van der Waals surface area (Å²) in [4.78, 5) is 14.3. The molecule has 4 nitrogen and oxygen atoms in total. The lowest BCUT2D eigenvalue weighted by atomic mass is 9.93. The van der Waals surface area contributed by atoms with E-state index in [9.17, 15) is 9.90 Å². The monoisotopic (exact) mass is 219 g/mol. The second kappa shape index (κ2) is 4.92. The summed E-state index contributed by atoms with van der Waals surface area (Å²) in [5, 5.41) is 9.20. The van der Waals surface area contributed by atoms with E-state index < -0.39 is 0 Å². The van der Waals surface area contributed by atoms with E-state index in [1.807, 2.05) is 0 Å². The molecule has 4 heteroatoms. The van der Waals surface area contributed by atoms with Crippen LogP contribution in [0.5, 0.6) is 5.75 Å². The van der Waals surface area contributed by atoms with Gasteiger partial charge in [0.2, 0.25) is 6.08 Å². The molecule has 1 saturated heterocycles. The number of ether oxygens (including phenoxy) is 1. The van der Waals surface area contributed by atoms with Gasteiger partial charge in [-0.3, -0.25) is 0 Å². The van der Waals surface area contributed by atoms with Crippen molar-refractivity contribution >= 4 is 6.08 Å². The van der Waals surface area contributed by atoms with E-state index in [-0.39, 0.29) is 17.7 Å². The van der Waals surface area contributed by atoms with Crippen molar-refractivity contribution in [2.24, 2.45) is 10.9 Å². The maximum Gasteiger partial charge on any atom is 0.235 e. The Morgan fingerprint density at radius 3 is 2.75 bits per heavy atom. The minimum atomic E-state index is -0.208. The summed E-state index contributed by atoms with van der Waals surface area (Å²) in [5.74, 6) is 0.436. The third kappa shape index (κ3) is 2.30. The van der Waals surface area contributed by atoms with Crippen molar-refractivity contribution in [2.45, 2.75) is 12.5 Å². The second-order valence-corrected chi connectivity index (χ2v) is 3.88. The van der Waals surface area contributed by atoms with E-state index in [4.69, 9.17) is 4.74 Å². The molecule has 1 aromatic carbocycles.